The maximum Gasteiger partial charge on any atom is 0.347 e. The Labute approximate surface area is 182 Å². The highest BCUT2D eigenvalue weighted by Gasteiger charge is 2.35. The van der Waals surface area contributed by atoms with Crippen LogP contribution in [0.4, 0.5) is 0 Å². The molecule has 5 nitrogen and oxygen atoms in total. The van der Waals surface area contributed by atoms with E-state index < -0.39 is 11.6 Å². The first-order valence-electron chi connectivity index (χ1n) is 10.1. The summed E-state index contributed by atoms with van der Waals surface area (Å²) in [5, 5.41) is 12.7. The third kappa shape index (κ3) is 4.55. The van der Waals surface area contributed by atoms with Crippen LogP contribution < -0.4 is 10.1 Å². The van der Waals surface area contributed by atoms with Crippen molar-refractivity contribution in [2.24, 2.45) is 5.92 Å². The van der Waals surface area contributed by atoms with Gasteiger partial charge in [0, 0.05) is 35.4 Å². The Morgan fingerprint density at radius 2 is 1.70 bits per heavy atom. The summed E-state index contributed by atoms with van der Waals surface area (Å²) in [5.74, 6) is -0.334. The minimum atomic E-state index is -1.31. The highest BCUT2D eigenvalue weighted by Crippen LogP contribution is 2.36. The zero-order chi connectivity index (χ0) is 22.1. The highest BCUT2D eigenvalue weighted by atomic mass is 32.2. The molecule has 160 valence electrons. The summed E-state index contributed by atoms with van der Waals surface area (Å²) in [6.45, 7) is 8.31. The van der Waals surface area contributed by atoms with Gasteiger partial charge in [-0.1, -0.05) is 24.3 Å². The molecule has 0 aromatic heterocycles. The van der Waals surface area contributed by atoms with E-state index >= 15 is 0 Å². The standard InChI is InChI=1S/C24H29NO4S/c1-14-10-17(11-15(2)22(14)29-24(3,4)23(27)28)19-12-25-13-20(19)21(26)16-6-8-18(30-5)9-7-16/h6-11,19-20,25H,12-13H2,1-5H3,(H,27,28)/t19-,20?/m1/s1. The summed E-state index contributed by atoms with van der Waals surface area (Å²) in [6, 6.07) is 11.8. The summed E-state index contributed by atoms with van der Waals surface area (Å²) in [4.78, 5) is 25.8. The van der Waals surface area contributed by atoms with Gasteiger partial charge < -0.3 is 15.2 Å². The lowest BCUT2D eigenvalue weighted by Gasteiger charge is -2.26. The maximum absolute atomic E-state index is 13.2. The number of ketones is 1. The first kappa shape index (κ1) is 22.4. The van der Waals surface area contributed by atoms with Crippen molar-refractivity contribution in [3.05, 3.63) is 58.7 Å². The fraction of sp³-hybridized carbons (Fsp3) is 0.417. The molecule has 1 fully saturated rings. The second-order valence-corrected chi connectivity index (χ2v) is 9.24. The van der Waals surface area contributed by atoms with Gasteiger partial charge in [0.1, 0.15) is 5.75 Å². The molecule has 30 heavy (non-hydrogen) atoms. The van der Waals surface area contributed by atoms with E-state index in [1.54, 1.807) is 25.6 Å². The molecule has 6 heteroatoms. The molecule has 1 unspecified atom stereocenters. The van der Waals surface area contributed by atoms with Crippen molar-refractivity contribution < 1.29 is 19.4 Å². The number of hydrogen-bond acceptors (Lipinski definition) is 5. The molecule has 0 bridgehead atoms. The predicted molar refractivity (Wildman–Crippen MR) is 120 cm³/mol. The number of carboxylic acids is 1. The zero-order valence-electron chi connectivity index (χ0n) is 18.1. The van der Waals surface area contributed by atoms with Crippen LogP contribution in [0.3, 0.4) is 0 Å². The quantitative estimate of drug-likeness (QED) is 0.502. The van der Waals surface area contributed by atoms with Crippen molar-refractivity contribution in [3.63, 3.8) is 0 Å². The van der Waals surface area contributed by atoms with Crippen molar-refractivity contribution in [2.75, 3.05) is 19.3 Å². The Morgan fingerprint density at radius 3 is 2.23 bits per heavy atom. The molecule has 1 heterocycles. The normalized spacial score (nSPS) is 19.0. The summed E-state index contributed by atoms with van der Waals surface area (Å²) >= 11 is 1.66. The number of aryl methyl sites for hydroxylation is 2. The molecular formula is C24H29NO4S. The number of rotatable bonds is 7. The van der Waals surface area contributed by atoms with E-state index in [0.29, 0.717) is 12.3 Å². The number of hydrogen-bond donors (Lipinski definition) is 2. The van der Waals surface area contributed by atoms with Crippen LogP contribution in [0.1, 0.15) is 46.8 Å². The van der Waals surface area contributed by atoms with Gasteiger partial charge in [0.15, 0.2) is 11.4 Å². The van der Waals surface area contributed by atoms with Crippen LogP contribution in [-0.2, 0) is 4.79 Å². The van der Waals surface area contributed by atoms with Crippen molar-refractivity contribution >= 4 is 23.5 Å². The number of ether oxygens (including phenoxy) is 1. The molecule has 1 aliphatic rings. The Hall–Kier alpha value is -2.31. The number of Topliss-reactive ketones (excluding diaryl/α,β-unsaturated/α-hetero) is 1. The topological polar surface area (TPSA) is 75.6 Å². The van der Waals surface area contributed by atoms with Crippen LogP contribution in [0.2, 0.25) is 0 Å². The summed E-state index contributed by atoms with van der Waals surface area (Å²) in [6.07, 6.45) is 2.02. The van der Waals surface area contributed by atoms with Gasteiger partial charge in [0.2, 0.25) is 0 Å². The summed E-state index contributed by atoms with van der Waals surface area (Å²) < 4.78 is 5.82. The average molecular weight is 428 g/mol. The third-order valence-corrected chi connectivity index (χ3v) is 6.45. The monoisotopic (exact) mass is 427 g/mol. The van der Waals surface area contributed by atoms with Gasteiger partial charge in [0.05, 0.1) is 0 Å². The van der Waals surface area contributed by atoms with Gasteiger partial charge in [-0.2, -0.15) is 0 Å². The lowest BCUT2D eigenvalue weighted by atomic mass is 9.82. The predicted octanol–water partition coefficient (Wildman–Crippen LogP) is 4.45. The van der Waals surface area contributed by atoms with Gasteiger partial charge >= 0.3 is 5.97 Å². The molecule has 3 rings (SSSR count). The number of aliphatic carboxylic acids is 1. The van der Waals surface area contributed by atoms with E-state index in [1.165, 1.54) is 0 Å². The molecule has 0 aliphatic carbocycles. The second kappa shape index (κ2) is 8.82. The Bertz CT molecular complexity index is 929. The van der Waals surface area contributed by atoms with Gasteiger partial charge in [-0.25, -0.2) is 4.79 Å². The fourth-order valence-corrected chi connectivity index (χ4v) is 4.34. The minimum Gasteiger partial charge on any atom is -0.478 e. The van der Waals surface area contributed by atoms with Crippen molar-refractivity contribution in [3.8, 4) is 5.75 Å². The largest absolute Gasteiger partial charge is 0.478 e. The number of carbonyl (C=O) groups is 2. The number of benzene rings is 2. The zero-order valence-corrected chi connectivity index (χ0v) is 18.9. The molecule has 2 aromatic rings. The van der Waals surface area contributed by atoms with E-state index in [9.17, 15) is 14.7 Å². The van der Waals surface area contributed by atoms with Gasteiger partial charge in [-0.05, 0) is 62.8 Å². The average Bonchev–Trinajstić information content (AvgIpc) is 3.20. The van der Waals surface area contributed by atoms with E-state index in [1.807, 2.05) is 56.5 Å². The lowest BCUT2D eigenvalue weighted by molar-refractivity contribution is -0.152. The molecule has 0 saturated carbocycles. The van der Waals surface area contributed by atoms with E-state index in [0.717, 1.165) is 33.7 Å². The van der Waals surface area contributed by atoms with Gasteiger partial charge in [-0.3, -0.25) is 4.79 Å². The SMILES string of the molecule is CSc1ccc(C(=O)C2CNC[C@@H]2c2cc(C)c(OC(C)(C)C(=O)O)c(C)c2)cc1. The molecule has 0 spiro atoms. The molecule has 1 saturated heterocycles. The number of carbonyl (C=O) groups excluding carboxylic acids is 1. The van der Waals surface area contributed by atoms with Crippen molar-refractivity contribution in [1.29, 1.82) is 0 Å². The van der Waals surface area contributed by atoms with Crippen LogP contribution in [0.25, 0.3) is 0 Å². The second-order valence-electron chi connectivity index (χ2n) is 8.37. The molecule has 2 N–H and O–H groups in total. The van der Waals surface area contributed by atoms with E-state index in [4.69, 9.17) is 4.74 Å². The number of carboxylic acid groups (broad SMARTS) is 1. The third-order valence-electron chi connectivity index (χ3n) is 5.71. The molecule has 0 radical (unpaired) electrons. The first-order chi connectivity index (χ1) is 14.1. The van der Waals surface area contributed by atoms with Gasteiger partial charge in [-0.15, -0.1) is 11.8 Å². The molecule has 0 amide bonds. The smallest absolute Gasteiger partial charge is 0.347 e. The maximum atomic E-state index is 13.2. The Kier molecular flexibility index (Phi) is 6.58. The fourth-order valence-electron chi connectivity index (χ4n) is 3.93. The van der Waals surface area contributed by atoms with Crippen LogP contribution in [-0.4, -0.2) is 41.8 Å². The number of nitrogens with one attached hydrogen (secondary N) is 1. The summed E-state index contributed by atoms with van der Waals surface area (Å²) in [5.41, 5.74) is 2.26. The molecule has 2 aromatic carbocycles. The van der Waals surface area contributed by atoms with Crippen LogP contribution >= 0.6 is 11.8 Å². The summed E-state index contributed by atoms with van der Waals surface area (Å²) in [7, 11) is 0. The molecule has 1 aliphatic heterocycles. The van der Waals surface area contributed by atoms with E-state index in [-0.39, 0.29) is 17.6 Å². The van der Waals surface area contributed by atoms with Crippen LogP contribution in [0.15, 0.2) is 41.3 Å². The Morgan fingerprint density at radius 1 is 1.10 bits per heavy atom. The van der Waals surface area contributed by atoms with Crippen molar-refractivity contribution in [1.82, 2.24) is 5.32 Å². The Balaban J connectivity index is 1.87. The first-order valence-corrected chi connectivity index (χ1v) is 11.3. The highest BCUT2D eigenvalue weighted by molar-refractivity contribution is 7.98. The molecule has 2 atom stereocenters. The lowest BCUT2D eigenvalue weighted by Crippen LogP contribution is -2.38. The number of thioether (sulfide) groups is 1. The van der Waals surface area contributed by atoms with E-state index in [2.05, 4.69) is 5.32 Å². The van der Waals surface area contributed by atoms with Crippen LogP contribution in [0.5, 0.6) is 5.75 Å². The molecular weight excluding hydrogens is 398 g/mol. The van der Waals surface area contributed by atoms with Crippen molar-refractivity contribution in [2.45, 2.75) is 44.1 Å². The minimum absolute atomic E-state index is 0.0664. The van der Waals surface area contributed by atoms with Crippen LogP contribution in [0, 0.1) is 19.8 Å². The van der Waals surface area contributed by atoms with Gasteiger partial charge in [0.25, 0.3) is 0 Å².